The monoisotopic (exact) mass is 456 g/mol. The Kier molecular flexibility index (Phi) is 6.53. The number of benzene rings is 3. The molecule has 2 aliphatic heterocycles. The Balaban J connectivity index is 1.24. The van der Waals surface area contributed by atoms with E-state index in [1.165, 1.54) is 29.5 Å². The highest BCUT2D eigenvalue weighted by Crippen LogP contribution is 2.44. The van der Waals surface area contributed by atoms with Crippen LogP contribution in [0, 0.1) is 0 Å². The van der Waals surface area contributed by atoms with E-state index < -0.39 is 5.92 Å². The first kappa shape index (κ1) is 22.8. The summed E-state index contributed by atoms with van der Waals surface area (Å²) in [6.45, 7) is 0.781. The molecule has 3 atom stereocenters. The molecule has 3 aromatic carbocycles. The van der Waals surface area contributed by atoms with Gasteiger partial charge in [-0.3, -0.25) is 4.79 Å². The zero-order valence-electron chi connectivity index (χ0n) is 19.8. The second-order valence-corrected chi connectivity index (χ2v) is 10.1. The molecule has 4 heteroatoms. The largest absolute Gasteiger partial charge is 0.461 e. The second-order valence-electron chi connectivity index (χ2n) is 10.1. The quantitative estimate of drug-likeness (QED) is 0.387. The first-order valence-electron chi connectivity index (χ1n) is 12.4. The predicted molar refractivity (Wildman–Crippen MR) is 134 cm³/mol. The molecule has 5 rings (SSSR count). The van der Waals surface area contributed by atoms with E-state index in [1.807, 2.05) is 36.4 Å². The molecule has 1 unspecified atom stereocenters. The Hall–Kier alpha value is -2.95. The lowest BCUT2D eigenvalue weighted by molar-refractivity contribution is -0.961. The minimum absolute atomic E-state index is 0.0607. The van der Waals surface area contributed by atoms with Crippen LogP contribution in [-0.2, 0) is 16.1 Å². The number of hydrogen-bond donors (Lipinski definition) is 1. The van der Waals surface area contributed by atoms with E-state index in [0.29, 0.717) is 12.1 Å². The maximum Gasteiger partial charge on any atom is 0.316 e. The van der Waals surface area contributed by atoms with Gasteiger partial charge in [0.1, 0.15) is 18.6 Å². The molecule has 2 aliphatic rings. The zero-order chi connectivity index (χ0) is 23.5. The van der Waals surface area contributed by atoms with E-state index in [2.05, 4.69) is 55.6 Å². The molecule has 2 heterocycles. The first-order chi connectivity index (χ1) is 16.6. The van der Waals surface area contributed by atoms with Gasteiger partial charge in [-0.1, -0.05) is 84.9 Å². The number of carbonyl (C=O) groups is 1. The lowest BCUT2D eigenvalue weighted by Gasteiger charge is -2.47. The second kappa shape index (κ2) is 9.73. The lowest BCUT2D eigenvalue weighted by atomic mass is 9.94. The molecule has 0 radical (unpaired) electrons. The third-order valence-corrected chi connectivity index (χ3v) is 8.11. The van der Waals surface area contributed by atoms with Crippen molar-refractivity contribution in [2.75, 3.05) is 13.7 Å². The van der Waals surface area contributed by atoms with Gasteiger partial charge >= 0.3 is 5.97 Å². The van der Waals surface area contributed by atoms with Crippen LogP contribution in [0.1, 0.15) is 42.7 Å². The minimum atomic E-state index is -0.607. The summed E-state index contributed by atoms with van der Waals surface area (Å²) < 4.78 is 7.01. The van der Waals surface area contributed by atoms with Gasteiger partial charge in [-0.05, 0) is 16.7 Å². The van der Waals surface area contributed by atoms with Crippen molar-refractivity contribution < 1.29 is 19.1 Å². The molecule has 2 fully saturated rings. The van der Waals surface area contributed by atoms with Gasteiger partial charge in [0.15, 0.2) is 0 Å². The molecule has 2 bridgehead atoms. The number of aliphatic hydroxyl groups is 1. The fourth-order valence-corrected chi connectivity index (χ4v) is 6.12. The number of aliphatic hydroxyl groups excluding tert-OH is 1. The highest BCUT2D eigenvalue weighted by Gasteiger charge is 2.52. The van der Waals surface area contributed by atoms with Gasteiger partial charge in [0.2, 0.25) is 0 Å². The van der Waals surface area contributed by atoms with Crippen LogP contribution in [0.25, 0.3) is 11.1 Å². The van der Waals surface area contributed by atoms with Crippen LogP contribution in [-0.4, -0.2) is 47.4 Å². The molecule has 2 saturated heterocycles. The van der Waals surface area contributed by atoms with Crippen molar-refractivity contribution >= 4 is 5.97 Å². The van der Waals surface area contributed by atoms with E-state index in [-0.39, 0.29) is 18.7 Å². The Morgan fingerprint density at radius 2 is 1.44 bits per heavy atom. The summed E-state index contributed by atoms with van der Waals surface area (Å²) in [4.78, 5) is 12.9. The van der Waals surface area contributed by atoms with Crippen LogP contribution < -0.4 is 0 Å². The molecule has 0 saturated carbocycles. The highest BCUT2D eigenvalue weighted by molar-refractivity contribution is 5.78. The summed E-state index contributed by atoms with van der Waals surface area (Å²) in [5.41, 5.74) is 4.67. The third-order valence-electron chi connectivity index (χ3n) is 8.11. The molecule has 3 aromatic rings. The van der Waals surface area contributed by atoms with Crippen LogP contribution in [0.4, 0.5) is 0 Å². The summed E-state index contributed by atoms with van der Waals surface area (Å²) in [6.07, 6.45) is 4.09. The van der Waals surface area contributed by atoms with Crippen LogP contribution in [0.15, 0.2) is 84.9 Å². The highest BCUT2D eigenvalue weighted by atomic mass is 16.5. The van der Waals surface area contributed by atoms with Gasteiger partial charge < -0.3 is 14.3 Å². The fraction of sp³-hybridized carbons (Fsp3) is 0.367. The summed E-state index contributed by atoms with van der Waals surface area (Å²) in [5, 5.41) is 9.83. The third kappa shape index (κ3) is 4.53. The van der Waals surface area contributed by atoms with Crippen molar-refractivity contribution in [3.05, 3.63) is 96.1 Å². The van der Waals surface area contributed by atoms with E-state index in [9.17, 15) is 9.90 Å². The summed E-state index contributed by atoms with van der Waals surface area (Å²) in [6, 6.07) is 29.9. The topological polar surface area (TPSA) is 46.5 Å². The molecular formula is C30H34NO3+. The fourth-order valence-electron chi connectivity index (χ4n) is 6.12. The molecule has 1 N–H and O–H groups in total. The maximum absolute atomic E-state index is 12.9. The average Bonchev–Trinajstić information content (AvgIpc) is 3.02. The number of rotatable bonds is 7. The SMILES string of the molecule is C[N+]1(Cc2ccc(-c3ccccc3)cc2)[C@@H]2CC[C@@H]1CC(OC(=O)C(CO)c1ccccc1)C2. The van der Waals surface area contributed by atoms with Crippen molar-refractivity contribution in [1.29, 1.82) is 0 Å². The minimum Gasteiger partial charge on any atom is -0.461 e. The van der Waals surface area contributed by atoms with Gasteiger partial charge in [0.05, 0.1) is 25.7 Å². The van der Waals surface area contributed by atoms with Gasteiger partial charge in [0.25, 0.3) is 0 Å². The van der Waals surface area contributed by atoms with Crippen molar-refractivity contribution in [3.63, 3.8) is 0 Å². The summed E-state index contributed by atoms with van der Waals surface area (Å²) in [7, 11) is 2.38. The molecule has 34 heavy (non-hydrogen) atoms. The van der Waals surface area contributed by atoms with Gasteiger partial charge in [-0.25, -0.2) is 0 Å². The zero-order valence-corrected chi connectivity index (χ0v) is 19.8. The van der Waals surface area contributed by atoms with E-state index in [4.69, 9.17) is 4.74 Å². The predicted octanol–water partition coefficient (Wildman–Crippen LogP) is 5.31. The average molecular weight is 457 g/mol. The summed E-state index contributed by atoms with van der Waals surface area (Å²) >= 11 is 0. The first-order valence-corrected chi connectivity index (χ1v) is 12.4. The number of nitrogens with zero attached hydrogens (tertiary/aromatic N) is 1. The van der Waals surface area contributed by atoms with E-state index in [1.54, 1.807) is 0 Å². The van der Waals surface area contributed by atoms with Crippen molar-refractivity contribution in [2.24, 2.45) is 0 Å². The Morgan fingerprint density at radius 1 is 0.882 bits per heavy atom. The molecule has 4 nitrogen and oxygen atoms in total. The van der Waals surface area contributed by atoms with Crippen LogP contribution in [0.5, 0.6) is 0 Å². The number of fused-ring (bicyclic) bond motifs is 2. The standard InChI is InChI=1S/C30H34NO3/c1-31(20-22-12-14-24(15-13-22)23-8-4-2-5-9-23)26-16-17-27(31)19-28(18-26)34-30(33)29(21-32)25-10-6-3-7-11-25/h2-15,26-29,32H,16-21H2,1H3/q+1/t26-,27-,28?,29?,31?/m1/s1. The molecular weight excluding hydrogens is 422 g/mol. The number of quaternary nitrogens is 1. The number of carbonyl (C=O) groups excluding carboxylic acids is 1. The van der Waals surface area contributed by atoms with Gasteiger partial charge in [-0.15, -0.1) is 0 Å². The maximum atomic E-state index is 12.9. The number of hydrogen-bond acceptors (Lipinski definition) is 3. The lowest BCUT2D eigenvalue weighted by Crippen LogP contribution is -2.58. The van der Waals surface area contributed by atoms with E-state index in [0.717, 1.165) is 29.4 Å². The molecule has 0 aromatic heterocycles. The van der Waals surface area contributed by atoms with Crippen LogP contribution in [0.2, 0.25) is 0 Å². The molecule has 176 valence electrons. The smallest absolute Gasteiger partial charge is 0.316 e. The van der Waals surface area contributed by atoms with Crippen LogP contribution >= 0.6 is 0 Å². The number of ether oxygens (including phenoxy) is 1. The Bertz CT molecular complexity index is 1080. The number of piperidine rings is 1. The normalized spacial score (nSPS) is 26.7. The molecule has 0 aliphatic carbocycles. The van der Waals surface area contributed by atoms with E-state index >= 15 is 0 Å². The van der Waals surface area contributed by atoms with Gasteiger partial charge in [0, 0.05) is 31.2 Å². The molecule has 0 amide bonds. The summed E-state index contributed by atoms with van der Waals surface area (Å²) in [5.74, 6) is -0.907. The Morgan fingerprint density at radius 3 is 2.03 bits per heavy atom. The van der Waals surface area contributed by atoms with Gasteiger partial charge in [-0.2, -0.15) is 0 Å². The number of esters is 1. The van der Waals surface area contributed by atoms with Crippen molar-refractivity contribution in [3.8, 4) is 11.1 Å². The van der Waals surface area contributed by atoms with Crippen LogP contribution in [0.3, 0.4) is 0 Å². The molecule has 0 spiro atoms. The van der Waals surface area contributed by atoms with Crippen molar-refractivity contribution in [2.45, 2.75) is 56.3 Å². The van der Waals surface area contributed by atoms with Crippen molar-refractivity contribution in [1.82, 2.24) is 0 Å². The Labute approximate surface area is 202 Å².